The van der Waals surface area contributed by atoms with E-state index in [1.165, 1.54) is 18.2 Å². The molecular weight excluding hydrogens is 365 g/mol. The molecule has 0 radical (unpaired) electrons. The minimum atomic E-state index is -1.09. The monoisotopic (exact) mass is 390 g/mol. The molecule has 150 valence electrons. The molecule has 1 aliphatic heterocycles. The molecule has 0 aliphatic carbocycles. The maximum absolute atomic E-state index is 15.1. The van der Waals surface area contributed by atoms with Crippen LogP contribution in [0.15, 0.2) is 24.3 Å². The van der Waals surface area contributed by atoms with Gasteiger partial charge in [0.2, 0.25) is 0 Å². The van der Waals surface area contributed by atoms with Gasteiger partial charge in [-0.1, -0.05) is 57.4 Å². The number of aryl methyl sites for hydroxylation is 1. The van der Waals surface area contributed by atoms with Gasteiger partial charge in [0.1, 0.15) is 11.9 Å². The number of unbranched alkanes of at least 4 members (excludes halogenated alkanes) is 2. The topological polar surface area (TPSA) is 26.3 Å². The first kappa shape index (κ1) is 20.4. The summed E-state index contributed by atoms with van der Waals surface area (Å²) in [6.07, 6.45) is 5.05. The van der Waals surface area contributed by atoms with Gasteiger partial charge in [-0.3, -0.25) is 0 Å². The van der Waals surface area contributed by atoms with Crippen molar-refractivity contribution in [3.8, 4) is 11.1 Å². The van der Waals surface area contributed by atoms with E-state index in [-0.39, 0.29) is 28.4 Å². The second-order valence-corrected chi connectivity index (χ2v) is 7.34. The summed E-state index contributed by atoms with van der Waals surface area (Å²) < 4.78 is 49.3. The standard InChI is InChI=1S/C23H25F3O2/c1-3-5-6-8-16-13-15-10-12-17(21(25)19(15)23(27)28-16)18-11-9-14(7-4-2)20(24)22(18)26/h9-12,16H,3-8,13H2,1-2H3. The van der Waals surface area contributed by atoms with Gasteiger partial charge in [-0.25, -0.2) is 18.0 Å². The molecule has 0 saturated heterocycles. The van der Waals surface area contributed by atoms with E-state index >= 15 is 4.39 Å². The van der Waals surface area contributed by atoms with Crippen LogP contribution >= 0.6 is 0 Å². The third-order valence-corrected chi connectivity index (χ3v) is 5.26. The van der Waals surface area contributed by atoms with Crippen molar-refractivity contribution in [3.05, 3.63) is 58.4 Å². The molecule has 0 N–H and O–H groups in total. The van der Waals surface area contributed by atoms with E-state index in [0.29, 0.717) is 24.8 Å². The van der Waals surface area contributed by atoms with Gasteiger partial charge in [0, 0.05) is 17.5 Å². The van der Waals surface area contributed by atoms with Crippen LogP contribution in [0.1, 0.15) is 67.4 Å². The van der Waals surface area contributed by atoms with E-state index in [1.54, 1.807) is 6.07 Å². The van der Waals surface area contributed by atoms with Crippen LogP contribution in [0, 0.1) is 17.5 Å². The Morgan fingerprint density at radius 3 is 2.36 bits per heavy atom. The molecule has 2 nitrogen and oxygen atoms in total. The van der Waals surface area contributed by atoms with Gasteiger partial charge < -0.3 is 4.74 Å². The van der Waals surface area contributed by atoms with Crippen molar-refractivity contribution in [1.82, 2.24) is 0 Å². The highest BCUT2D eigenvalue weighted by Crippen LogP contribution is 2.34. The third-order valence-electron chi connectivity index (χ3n) is 5.26. The van der Waals surface area contributed by atoms with Crippen LogP contribution in [-0.2, 0) is 17.6 Å². The zero-order chi connectivity index (χ0) is 20.3. The fourth-order valence-corrected chi connectivity index (χ4v) is 3.75. The van der Waals surface area contributed by atoms with Gasteiger partial charge in [-0.2, -0.15) is 0 Å². The molecular formula is C23H25F3O2. The second kappa shape index (κ2) is 8.80. The number of cyclic esters (lactones) is 1. The molecule has 0 fully saturated rings. The minimum absolute atomic E-state index is 0.125. The molecule has 1 heterocycles. The average Bonchev–Trinajstić information content (AvgIpc) is 2.67. The number of carbonyl (C=O) groups excluding carboxylic acids is 1. The summed E-state index contributed by atoms with van der Waals surface area (Å²) in [6, 6.07) is 5.89. The van der Waals surface area contributed by atoms with Gasteiger partial charge in [0.25, 0.3) is 0 Å². The van der Waals surface area contributed by atoms with Gasteiger partial charge in [0.15, 0.2) is 11.6 Å². The Morgan fingerprint density at radius 2 is 1.64 bits per heavy atom. The van der Waals surface area contributed by atoms with Crippen LogP contribution < -0.4 is 0 Å². The number of esters is 1. The Balaban J connectivity index is 1.94. The molecule has 0 aromatic heterocycles. The molecule has 5 heteroatoms. The summed E-state index contributed by atoms with van der Waals surface area (Å²) in [6.45, 7) is 3.96. The SMILES string of the molecule is CCCCCC1Cc2ccc(-c3ccc(CCC)c(F)c3F)c(F)c2C(=O)O1. The molecule has 1 atom stereocenters. The summed E-state index contributed by atoms with van der Waals surface area (Å²) >= 11 is 0. The summed E-state index contributed by atoms with van der Waals surface area (Å²) in [5.74, 6) is -3.64. The molecule has 0 saturated carbocycles. The van der Waals surface area contributed by atoms with E-state index < -0.39 is 23.4 Å². The number of benzene rings is 2. The lowest BCUT2D eigenvalue weighted by molar-refractivity contribution is 0.0225. The summed E-state index contributed by atoms with van der Waals surface area (Å²) in [7, 11) is 0. The van der Waals surface area contributed by atoms with Gasteiger partial charge in [-0.15, -0.1) is 0 Å². The molecule has 0 amide bonds. The lowest BCUT2D eigenvalue weighted by Crippen LogP contribution is -2.28. The van der Waals surface area contributed by atoms with Crippen LogP contribution in [0.25, 0.3) is 11.1 Å². The van der Waals surface area contributed by atoms with Gasteiger partial charge in [-0.05, 0) is 30.4 Å². The van der Waals surface area contributed by atoms with E-state index in [2.05, 4.69) is 6.92 Å². The molecule has 1 aliphatic rings. The van der Waals surface area contributed by atoms with E-state index in [9.17, 15) is 13.6 Å². The molecule has 1 unspecified atom stereocenters. The number of halogens is 3. The number of rotatable bonds is 7. The Hall–Kier alpha value is -2.30. The summed E-state index contributed by atoms with van der Waals surface area (Å²) in [5.41, 5.74) is 0.343. The molecule has 0 spiro atoms. The molecule has 2 aromatic carbocycles. The van der Waals surface area contributed by atoms with Gasteiger partial charge in [0.05, 0.1) is 5.56 Å². The van der Waals surface area contributed by atoms with E-state index in [1.807, 2.05) is 6.92 Å². The van der Waals surface area contributed by atoms with Crippen molar-refractivity contribution in [2.45, 2.75) is 64.9 Å². The Labute approximate surface area is 163 Å². The quantitative estimate of drug-likeness (QED) is 0.405. The number of ether oxygens (including phenoxy) is 1. The number of hydrogen-bond donors (Lipinski definition) is 0. The average molecular weight is 390 g/mol. The van der Waals surface area contributed by atoms with E-state index in [0.717, 1.165) is 25.7 Å². The van der Waals surface area contributed by atoms with Crippen LogP contribution in [0.4, 0.5) is 13.2 Å². The van der Waals surface area contributed by atoms with Crippen molar-refractivity contribution < 1.29 is 22.7 Å². The Kier molecular flexibility index (Phi) is 6.42. The van der Waals surface area contributed by atoms with Crippen LogP contribution in [0.3, 0.4) is 0 Å². The minimum Gasteiger partial charge on any atom is -0.458 e. The predicted molar refractivity (Wildman–Crippen MR) is 103 cm³/mol. The molecule has 3 rings (SSSR count). The number of hydrogen-bond acceptors (Lipinski definition) is 2. The van der Waals surface area contributed by atoms with Crippen LogP contribution in [0.2, 0.25) is 0 Å². The Bertz CT molecular complexity index is 877. The lowest BCUT2D eigenvalue weighted by Gasteiger charge is -2.25. The van der Waals surface area contributed by atoms with Crippen LogP contribution in [-0.4, -0.2) is 12.1 Å². The van der Waals surface area contributed by atoms with Crippen molar-refractivity contribution in [1.29, 1.82) is 0 Å². The smallest absolute Gasteiger partial charge is 0.341 e. The first-order valence-electron chi connectivity index (χ1n) is 9.97. The second-order valence-electron chi connectivity index (χ2n) is 7.34. The first-order valence-corrected chi connectivity index (χ1v) is 9.97. The predicted octanol–water partition coefficient (Wildman–Crippen LogP) is 6.39. The fourth-order valence-electron chi connectivity index (χ4n) is 3.75. The largest absolute Gasteiger partial charge is 0.458 e. The molecule has 0 bridgehead atoms. The number of fused-ring (bicyclic) bond motifs is 1. The molecule has 2 aromatic rings. The van der Waals surface area contributed by atoms with Gasteiger partial charge >= 0.3 is 5.97 Å². The van der Waals surface area contributed by atoms with Crippen molar-refractivity contribution in [2.24, 2.45) is 0 Å². The maximum atomic E-state index is 15.1. The highest BCUT2D eigenvalue weighted by atomic mass is 19.2. The van der Waals surface area contributed by atoms with Crippen molar-refractivity contribution in [2.75, 3.05) is 0 Å². The number of carbonyl (C=O) groups is 1. The molecule has 28 heavy (non-hydrogen) atoms. The van der Waals surface area contributed by atoms with Crippen LogP contribution in [0.5, 0.6) is 0 Å². The highest BCUT2D eigenvalue weighted by molar-refractivity contribution is 5.94. The zero-order valence-electron chi connectivity index (χ0n) is 16.3. The lowest BCUT2D eigenvalue weighted by atomic mass is 9.91. The third kappa shape index (κ3) is 3.94. The zero-order valence-corrected chi connectivity index (χ0v) is 16.3. The highest BCUT2D eigenvalue weighted by Gasteiger charge is 2.31. The maximum Gasteiger partial charge on any atom is 0.341 e. The summed E-state index contributed by atoms with van der Waals surface area (Å²) in [5, 5.41) is 0. The van der Waals surface area contributed by atoms with Crippen molar-refractivity contribution in [3.63, 3.8) is 0 Å². The first-order chi connectivity index (χ1) is 13.5. The summed E-state index contributed by atoms with van der Waals surface area (Å²) in [4.78, 5) is 12.4. The Morgan fingerprint density at radius 1 is 0.929 bits per heavy atom. The van der Waals surface area contributed by atoms with E-state index in [4.69, 9.17) is 4.74 Å². The van der Waals surface area contributed by atoms with Crippen molar-refractivity contribution >= 4 is 5.97 Å². The normalized spacial score (nSPS) is 16.0. The fraction of sp³-hybridized carbons (Fsp3) is 0.435.